The zero-order valence-electron chi connectivity index (χ0n) is 16.7. The molecular formula is C21H21ClN4O3S. The second-order valence-corrected chi connectivity index (χ2v) is 8.33. The number of carbonyl (C=O) groups is 1. The Bertz CT molecular complexity index is 1050. The van der Waals surface area contributed by atoms with Gasteiger partial charge in [0.15, 0.2) is 5.13 Å². The zero-order chi connectivity index (χ0) is 21.1. The van der Waals surface area contributed by atoms with E-state index in [1.54, 1.807) is 26.6 Å². The molecule has 4 rings (SSSR count). The summed E-state index contributed by atoms with van der Waals surface area (Å²) < 4.78 is 11.5. The van der Waals surface area contributed by atoms with Gasteiger partial charge in [0.1, 0.15) is 21.5 Å². The molecule has 7 nitrogen and oxygen atoms in total. The lowest BCUT2D eigenvalue weighted by molar-refractivity contribution is 0.0741. The Morgan fingerprint density at radius 1 is 1.07 bits per heavy atom. The van der Waals surface area contributed by atoms with E-state index in [9.17, 15) is 4.79 Å². The first-order valence-electron chi connectivity index (χ1n) is 9.43. The second kappa shape index (κ2) is 8.89. The van der Waals surface area contributed by atoms with Gasteiger partial charge >= 0.3 is 0 Å². The van der Waals surface area contributed by atoms with Crippen LogP contribution >= 0.6 is 22.9 Å². The highest BCUT2D eigenvalue weighted by Crippen LogP contribution is 2.35. The fraction of sp³-hybridized carbons (Fsp3) is 0.286. The van der Waals surface area contributed by atoms with Gasteiger partial charge in [0.2, 0.25) is 0 Å². The van der Waals surface area contributed by atoms with Crippen LogP contribution in [0.1, 0.15) is 10.5 Å². The van der Waals surface area contributed by atoms with E-state index in [0.717, 1.165) is 10.7 Å². The Balaban J connectivity index is 1.58. The lowest BCUT2D eigenvalue weighted by atomic mass is 10.0. The Morgan fingerprint density at radius 3 is 2.53 bits per heavy atom. The number of methoxy groups -OCH3 is 2. The second-order valence-electron chi connectivity index (χ2n) is 6.69. The molecule has 0 spiro atoms. The lowest BCUT2D eigenvalue weighted by Gasteiger charge is -2.34. The van der Waals surface area contributed by atoms with E-state index < -0.39 is 0 Å². The molecule has 0 saturated carbocycles. The van der Waals surface area contributed by atoms with Gasteiger partial charge in [-0.2, -0.15) is 0 Å². The minimum atomic E-state index is -0.104. The molecule has 0 radical (unpaired) electrons. The van der Waals surface area contributed by atoms with Crippen LogP contribution in [0, 0.1) is 0 Å². The van der Waals surface area contributed by atoms with Gasteiger partial charge in [-0.3, -0.25) is 9.78 Å². The maximum Gasteiger partial charge on any atom is 0.273 e. The van der Waals surface area contributed by atoms with E-state index in [4.69, 9.17) is 21.1 Å². The summed E-state index contributed by atoms with van der Waals surface area (Å²) >= 11 is 7.44. The minimum absolute atomic E-state index is 0.104. The van der Waals surface area contributed by atoms with Crippen molar-refractivity contribution in [3.05, 3.63) is 52.8 Å². The number of benzene rings is 1. The summed E-state index contributed by atoms with van der Waals surface area (Å²) in [5.41, 5.74) is 1.88. The summed E-state index contributed by atoms with van der Waals surface area (Å²) in [6.07, 6.45) is 3.29. The van der Waals surface area contributed by atoms with Crippen molar-refractivity contribution in [2.45, 2.75) is 0 Å². The van der Waals surface area contributed by atoms with Crippen molar-refractivity contribution >= 4 is 34.0 Å². The van der Waals surface area contributed by atoms with E-state index >= 15 is 0 Å². The standard InChI is InChI=1S/C21H21ClN4O3S/c1-28-14-5-6-17(29-2)16(12-14)15-4-3-7-23-19(15)20(27)25-8-10-26(11-9-25)21-24-13-18(22)30-21/h3-7,12-13H,8-11H2,1-2H3. The SMILES string of the molecule is COc1ccc(OC)c(-c2cccnc2C(=O)N2CCN(c3ncc(Cl)s3)CC2)c1. The number of carbonyl (C=O) groups excluding carboxylic acids is 1. The summed E-state index contributed by atoms with van der Waals surface area (Å²) in [6, 6.07) is 9.20. The first kappa shape index (κ1) is 20.4. The highest BCUT2D eigenvalue weighted by Gasteiger charge is 2.27. The fourth-order valence-corrected chi connectivity index (χ4v) is 4.41. The van der Waals surface area contributed by atoms with Gasteiger partial charge in [-0.1, -0.05) is 29.0 Å². The lowest BCUT2D eigenvalue weighted by Crippen LogP contribution is -2.49. The van der Waals surface area contributed by atoms with Crippen LogP contribution in [0.3, 0.4) is 0 Å². The summed E-state index contributed by atoms with van der Waals surface area (Å²) in [5.74, 6) is 1.24. The number of thiazole rings is 1. The van der Waals surface area contributed by atoms with Gasteiger partial charge in [0.25, 0.3) is 5.91 Å². The third-order valence-electron chi connectivity index (χ3n) is 5.01. The maximum absolute atomic E-state index is 13.3. The number of aromatic nitrogens is 2. The van der Waals surface area contributed by atoms with Gasteiger partial charge in [-0.15, -0.1) is 0 Å². The van der Waals surface area contributed by atoms with Crippen molar-refractivity contribution in [3.63, 3.8) is 0 Å². The summed E-state index contributed by atoms with van der Waals surface area (Å²) in [6.45, 7) is 2.56. The Kier molecular flexibility index (Phi) is 6.06. The summed E-state index contributed by atoms with van der Waals surface area (Å²) in [4.78, 5) is 26.0. The molecule has 0 N–H and O–H groups in total. The van der Waals surface area contributed by atoms with Crippen LogP contribution < -0.4 is 14.4 Å². The van der Waals surface area contributed by atoms with Crippen molar-refractivity contribution in [2.75, 3.05) is 45.3 Å². The third kappa shape index (κ3) is 4.06. The number of halogens is 1. The average molecular weight is 445 g/mol. The van der Waals surface area contributed by atoms with Crippen LogP contribution in [-0.2, 0) is 0 Å². The normalized spacial score (nSPS) is 14.0. The molecule has 1 aromatic carbocycles. The van der Waals surface area contributed by atoms with Gasteiger partial charge in [-0.25, -0.2) is 4.98 Å². The van der Waals surface area contributed by atoms with E-state index in [0.29, 0.717) is 53.3 Å². The highest BCUT2D eigenvalue weighted by molar-refractivity contribution is 7.19. The molecule has 30 heavy (non-hydrogen) atoms. The number of anilines is 1. The van der Waals surface area contributed by atoms with Crippen molar-refractivity contribution < 1.29 is 14.3 Å². The molecule has 9 heteroatoms. The summed E-state index contributed by atoms with van der Waals surface area (Å²) in [5, 5.41) is 0.881. The van der Waals surface area contributed by atoms with E-state index in [-0.39, 0.29) is 5.91 Å². The molecule has 2 aromatic heterocycles. The Hall–Kier alpha value is -2.84. The van der Waals surface area contributed by atoms with Crippen LogP contribution in [0.2, 0.25) is 4.34 Å². The number of nitrogens with zero attached hydrogens (tertiary/aromatic N) is 4. The van der Waals surface area contributed by atoms with Crippen LogP contribution in [-0.4, -0.2) is 61.2 Å². The zero-order valence-corrected chi connectivity index (χ0v) is 18.2. The molecule has 0 atom stereocenters. The number of ether oxygens (including phenoxy) is 2. The fourth-order valence-electron chi connectivity index (χ4n) is 3.46. The first-order valence-corrected chi connectivity index (χ1v) is 10.6. The van der Waals surface area contributed by atoms with Crippen LogP contribution in [0.5, 0.6) is 11.5 Å². The molecule has 1 fully saturated rings. The Morgan fingerprint density at radius 2 is 1.87 bits per heavy atom. The van der Waals surface area contributed by atoms with Gasteiger partial charge < -0.3 is 19.3 Å². The largest absolute Gasteiger partial charge is 0.497 e. The van der Waals surface area contributed by atoms with E-state index in [1.165, 1.54) is 11.3 Å². The molecule has 3 heterocycles. The van der Waals surface area contributed by atoms with Crippen molar-refractivity contribution in [3.8, 4) is 22.6 Å². The van der Waals surface area contributed by atoms with E-state index in [2.05, 4.69) is 14.9 Å². The predicted octanol–water partition coefficient (Wildman–Crippen LogP) is 3.84. The molecule has 0 unspecified atom stereocenters. The van der Waals surface area contributed by atoms with Crippen molar-refractivity contribution in [2.24, 2.45) is 0 Å². The number of hydrogen-bond acceptors (Lipinski definition) is 7. The van der Waals surface area contributed by atoms with Crippen LogP contribution in [0.15, 0.2) is 42.7 Å². The molecule has 3 aromatic rings. The molecule has 1 aliphatic heterocycles. The maximum atomic E-state index is 13.3. The quantitative estimate of drug-likeness (QED) is 0.595. The molecular weight excluding hydrogens is 424 g/mol. The van der Waals surface area contributed by atoms with Gasteiger partial charge in [-0.05, 0) is 24.3 Å². The van der Waals surface area contributed by atoms with Gasteiger partial charge in [0, 0.05) is 43.5 Å². The number of piperazine rings is 1. The number of hydrogen-bond donors (Lipinski definition) is 0. The topological polar surface area (TPSA) is 67.8 Å². The molecule has 0 bridgehead atoms. The predicted molar refractivity (Wildman–Crippen MR) is 118 cm³/mol. The van der Waals surface area contributed by atoms with E-state index in [1.807, 2.05) is 35.2 Å². The monoisotopic (exact) mass is 444 g/mol. The van der Waals surface area contributed by atoms with Crippen LogP contribution in [0.4, 0.5) is 5.13 Å². The molecule has 1 aliphatic rings. The summed E-state index contributed by atoms with van der Waals surface area (Å²) in [7, 11) is 3.21. The smallest absolute Gasteiger partial charge is 0.273 e. The number of pyridine rings is 1. The molecule has 156 valence electrons. The van der Waals surface area contributed by atoms with Crippen molar-refractivity contribution in [1.29, 1.82) is 0 Å². The van der Waals surface area contributed by atoms with Crippen molar-refractivity contribution in [1.82, 2.24) is 14.9 Å². The molecule has 1 saturated heterocycles. The number of rotatable bonds is 5. The van der Waals surface area contributed by atoms with Gasteiger partial charge in [0.05, 0.1) is 20.4 Å². The molecule has 0 aliphatic carbocycles. The van der Waals surface area contributed by atoms with Crippen LogP contribution in [0.25, 0.3) is 11.1 Å². The Labute approximate surface area is 183 Å². The minimum Gasteiger partial charge on any atom is -0.497 e. The molecule has 1 amide bonds. The first-order chi connectivity index (χ1) is 14.6. The highest BCUT2D eigenvalue weighted by atomic mass is 35.5. The number of amides is 1. The average Bonchev–Trinajstić information content (AvgIpc) is 3.24. The third-order valence-corrected chi connectivity index (χ3v) is 6.19.